The molecule has 2 aromatic carbocycles. The Hall–Kier alpha value is -2.20. The molecule has 2 rings (SSSR count). The van der Waals surface area contributed by atoms with E-state index >= 15 is 0 Å². The zero-order valence-electron chi connectivity index (χ0n) is 21.3. The number of carbonyl (C=O) groups is 2. The number of nitrogens with zero attached hydrogens (tertiary/aromatic N) is 2. The fraction of sp³-hybridized carbons (Fsp3) is 0.440. The maximum atomic E-state index is 13.7. The number of hydrogen-bond donors (Lipinski definition) is 1. The Bertz CT molecular complexity index is 1210. The Kier molecular flexibility index (Phi) is 11.8. The number of amides is 2. The minimum absolute atomic E-state index is 0.0242. The Morgan fingerprint density at radius 2 is 1.73 bits per heavy atom. The molecule has 37 heavy (non-hydrogen) atoms. The molecule has 0 saturated carbocycles. The van der Waals surface area contributed by atoms with Crippen LogP contribution < -0.4 is 14.4 Å². The van der Waals surface area contributed by atoms with Crippen LogP contribution in [0.4, 0.5) is 5.69 Å². The average Bonchev–Trinajstić information content (AvgIpc) is 2.83. The molecule has 0 unspecified atom stereocenters. The van der Waals surface area contributed by atoms with Gasteiger partial charge in [-0.3, -0.25) is 13.9 Å². The van der Waals surface area contributed by atoms with Gasteiger partial charge in [-0.05, 0) is 48.7 Å². The second-order valence-corrected chi connectivity index (χ2v) is 11.6. The molecule has 0 aliphatic heterocycles. The molecular weight excluding hydrogens is 561 g/mol. The largest absolute Gasteiger partial charge is 0.495 e. The number of hydrogen-bond acceptors (Lipinski definition) is 5. The van der Waals surface area contributed by atoms with E-state index in [1.54, 1.807) is 25.1 Å². The summed E-state index contributed by atoms with van der Waals surface area (Å²) in [5.74, 6) is -0.523. The van der Waals surface area contributed by atoms with Crippen molar-refractivity contribution in [3.05, 3.63) is 57.0 Å². The van der Waals surface area contributed by atoms with E-state index in [-0.39, 0.29) is 23.2 Å². The number of anilines is 1. The number of rotatable bonds is 13. The summed E-state index contributed by atoms with van der Waals surface area (Å²) in [4.78, 5) is 28.1. The van der Waals surface area contributed by atoms with Crippen molar-refractivity contribution in [2.24, 2.45) is 0 Å². The molecule has 0 spiro atoms. The molecule has 0 saturated heterocycles. The SMILES string of the molecule is CCCCNC(=O)[C@@H](CC)N(Cc1ccc(Cl)c(Cl)c1)C(=O)CN(c1ccc(OC)c(Cl)c1)S(C)(=O)=O. The highest BCUT2D eigenvalue weighted by molar-refractivity contribution is 7.92. The predicted octanol–water partition coefficient (Wildman–Crippen LogP) is 5.15. The van der Waals surface area contributed by atoms with Crippen LogP contribution in [0.3, 0.4) is 0 Å². The van der Waals surface area contributed by atoms with Gasteiger partial charge in [0.25, 0.3) is 0 Å². The molecule has 0 aliphatic rings. The Morgan fingerprint density at radius 1 is 1.03 bits per heavy atom. The standard InChI is InChI=1S/C25H32Cl3N3O5S/c1-5-7-12-29-25(33)22(6-2)30(15-17-8-10-19(26)20(27)13-17)24(32)16-31(37(4,34)35)18-9-11-23(36-3)21(28)14-18/h8-11,13-14,22H,5-7,12,15-16H2,1-4H3,(H,29,33)/t22-/m1/s1. The number of carbonyl (C=O) groups excluding carboxylic acids is 2. The fourth-order valence-corrected chi connectivity index (χ4v) is 5.10. The van der Waals surface area contributed by atoms with Crippen LogP contribution in [-0.2, 0) is 26.2 Å². The first-order valence-electron chi connectivity index (χ1n) is 11.7. The van der Waals surface area contributed by atoms with Gasteiger partial charge in [-0.1, -0.05) is 61.1 Å². The van der Waals surface area contributed by atoms with Gasteiger partial charge in [0.2, 0.25) is 21.8 Å². The minimum Gasteiger partial charge on any atom is -0.495 e. The molecule has 0 fully saturated rings. The first-order chi connectivity index (χ1) is 17.4. The van der Waals surface area contributed by atoms with E-state index in [1.165, 1.54) is 30.2 Å². The Morgan fingerprint density at radius 3 is 2.27 bits per heavy atom. The Labute approximate surface area is 233 Å². The van der Waals surface area contributed by atoms with E-state index in [1.807, 2.05) is 6.92 Å². The molecule has 0 aliphatic carbocycles. The summed E-state index contributed by atoms with van der Waals surface area (Å²) in [6, 6.07) is 8.51. The van der Waals surface area contributed by atoms with Crippen LogP contribution in [0, 0.1) is 0 Å². The normalized spacial score (nSPS) is 12.1. The summed E-state index contributed by atoms with van der Waals surface area (Å²) >= 11 is 18.4. The first-order valence-corrected chi connectivity index (χ1v) is 14.7. The van der Waals surface area contributed by atoms with Gasteiger partial charge in [0.15, 0.2) is 0 Å². The van der Waals surface area contributed by atoms with Crippen molar-refractivity contribution in [2.75, 3.05) is 30.8 Å². The average molecular weight is 593 g/mol. The van der Waals surface area contributed by atoms with Crippen LogP contribution in [0.5, 0.6) is 5.75 Å². The quantitative estimate of drug-likeness (QED) is 0.325. The Balaban J connectivity index is 2.45. The molecule has 8 nitrogen and oxygen atoms in total. The summed E-state index contributed by atoms with van der Waals surface area (Å²) in [5.41, 5.74) is 0.831. The van der Waals surface area contributed by atoms with Gasteiger partial charge < -0.3 is 15.0 Å². The van der Waals surface area contributed by atoms with Gasteiger partial charge in [-0.15, -0.1) is 0 Å². The van der Waals surface area contributed by atoms with Crippen molar-refractivity contribution in [3.63, 3.8) is 0 Å². The smallest absolute Gasteiger partial charge is 0.244 e. The van der Waals surface area contributed by atoms with Gasteiger partial charge in [0, 0.05) is 13.1 Å². The van der Waals surface area contributed by atoms with Crippen molar-refractivity contribution in [3.8, 4) is 5.75 Å². The highest BCUT2D eigenvalue weighted by atomic mass is 35.5. The molecule has 1 atom stereocenters. The number of nitrogens with one attached hydrogen (secondary N) is 1. The number of unbranched alkanes of at least 4 members (excludes halogenated alkanes) is 1. The van der Waals surface area contributed by atoms with E-state index in [0.717, 1.165) is 23.4 Å². The zero-order chi connectivity index (χ0) is 27.8. The topological polar surface area (TPSA) is 96.0 Å². The maximum absolute atomic E-state index is 13.7. The van der Waals surface area contributed by atoms with Crippen LogP contribution in [-0.4, -0.2) is 57.6 Å². The van der Waals surface area contributed by atoms with E-state index in [9.17, 15) is 18.0 Å². The fourth-order valence-electron chi connectivity index (χ4n) is 3.68. The summed E-state index contributed by atoms with van der Waals surface area (Å²) < 4.78 is 31.5. The molecule has 1 N–H and O–H groups in total. The minimum atomic E-state index is -3.89. The van der Waals surface area contributed by atoms with Crippen LogP contribution in [0.25, 0.3) is 0 Å². The van der Waals surface area contributed by atoms with Crippen molar-refractivity contribution in [1.82, 2.24) is 10.2 Å². The lowest BCUT2D eigenvalue weighted by atomic mass is 10.1. The molecular formula is C25H32Cl3N3O5S. The lowest BCUT2D eigenvalue weighted by molar-refractivity contribution is -0.140. The lowest BCUT2D eigenvalue weighted by Gasteiger charge is -2.33. The van der Waals surface area contributed by atoms with Gasteiger partial charge in [-0.25, -0.2) is 8.42 Å². The molecule has 2 aromatic rings. The highest BCUT2D eigenvalue weighted by Gasteiger charge is 2.32. The second kappa shape index (κ2) is 14.1. The molecule has 0 bridgehead atoms. The van der Waals surface area contributed by atoms with Crippen molar-refractivity contribution in [2.45, 2.75) is 45.7 Å². The predicted molar refractivity (Wildman–Crippen MR) is 149 cm³/mol. The second-order valence-electron chi connectivity index (χ2n) is 8.43. The number of ether oxygens (including phenoxy) is 1. The number of methoxy groups -OCH3 is 1. The van der Waals surface area contributed by atoms with Crippen molar-refractivity contribution < 1.29 is 22.7 Å². The first kappa shape index (κ1) is 31.0. The van der Waals surface area contributed by atoms with E-state index < -0.39 is 28.5 Å². The summed E-state index contributed by atoms with van der Waals surface area (Å²) in [6.45, 7) is 3.75. The van der Waals surface area contributed by atoms with Gasteiger partial charge in [-0.2, -0.15) is 0 Å². The summed E-state index contributed by atoms with van der Waals surface area (Å²) in [7, 11) is -2.45. The molecule has 204 valence electrons. The van der Waals surface area contributed by atoms with Gasteiger partial charge in [0.1, 0.15) is 18.3 Å². The zero-order valence-corrected chi connectivity index (χ0v) is 24.3. The molecule has 0 radical (unpaired) electrons. The molecule has 0 heterocycles. The molecule has 0 aromatic heterocycles. The third kappa shape index (κ3) is 8.67. The van der Waals surface area contributed by atoms with E-state index in [4.69, 9.17) is 39.5 Å². The van der Waals surface area contributed by atoms with Gasteiger partial charge >= 0.3 is 0 Å². The summed E-state index contributed by atoms with van der Waals surface area (Å²) in [6.07, 6.45) is 3.01. The number of halogens is 3. The van der Waals surface area contributed by atoms with E-state index in [2.05, 4.69) is 5.32 Å². The third-order valence-electron chi connectivity index (χ3n) is 5.65. The number of sulfonamides is 1. The maximum Gasteiger partial charge on any atom is 0.244 e. The van der Waals surface area contributed by atoms with E-state index in [0.29, 0.717) is 34.3 Å². The van der Waals surface area contributed by atoms with Crippen molar-refractivity contribution >= 4 is 62.3 Å². The van der Waals surface area contributed by atoms with Crippen LogP contribution in [0.2, 0.25) is 15.1 Å². The third-order valence-corrected chi connectivity index (χ3v) is 7.83. The monoisotopic (exact) mass is 591 g/mol. The summed E-state index contributed by atoms with van der Waals surface area (Å²) in [5, 5.41) is 3.72. The number of benzene rings is 2. The van der Waals surface area contributed by atoms with Crippen LogP contribution in [0.15, 0.2) is 36.4 Å². The highest BCUT2D eigenvalue weighted by Crippen LogP contribution is 2.30. The van der Waals surface area contributed by atoms with Crippen LogP contribution >= 0.6 is 34.8 Å². The lowest BCUT2D eigenvalue weighted by Crippen LogP contribution is -2.52. The van der Waals surface area contributed by atoms with Gasteiger partial charge in [0.05, 0.1) is 34.1 Å². The van der Waals surface area contributed by atoms with Crippen LogP contribution in [0.1, 0.15) is 38.7 Å². The molecule has 12 heteroatoms. The molecule has 2 amide bonds. The van der Waals surface area contributed by atoms with Crippen molar-refractivity contribution in [1.29, 1.82) is 0 Å².